The molecule has 0 bridgehead atoms. The van der Waals surface area contributed by atoms with Crippen LogP contribution >= 0.6 is 0 Å². The highest BCUT2D eigenvalue weighted by molar-refractivity contribution is 6.69. The predicted molar refractivity (Wildman–Crippen MR) is 117 cm³/mol. The number of rotatable bonds is 13. The van der Waals surface area contributed by atoms with Gasteiger partial charge in [0.1, 0.15) is 0 Å². The quantitative estimate of drug-likeness (QED) is 0.373. The van der Waals surface area contributed by atoms with Gasteiger partial charge in [-0.1, -0.05) is 6.07 Å². The number of ether oxygens (including phenoxy) is 4. The zero-order chi connectivity index (χ0) is 22.3. The Balaban J connectivity index is 2.27. The van der Waals surface area contributed by atoms with E-state index in [2.05, 4.69) is 19.6 Å². The number of carbonyl (C=O) groups excluding carboxylic acids is 1. The lowest BCUT2D eigenvalue weighted by Crippen LogP contribution is -2.45. The molecule has 1 atom stereocenters. The lowest BCUT2D eigenvalue weighted by Gasteiger charge is -2.32. The van der Waals surface area contributed by atoms with Crippen molar-refractivity contribution in [3.8, 4) is 11.5 Å². The number of benzene rings is 1. The first-order chi connectivity index (χ1) is 14.2. The third kappa shape index (κ3) is 7.79. The molecule has 8 nitrogen and oxygen atoms in total. The minimum absolute atomic E-state index is 0.203. The van der Waals surface area contributed by atoms with Crippen LogP contribution in [0.4, 0.5) is 4.79 Å². The van der Waals surface area contributed by atoms with Crippen molar-refractivity contribution in [1.82, 2.24) is 4.90 Å². The van der Waals surface area contributed by atoms with Crippen LogP contribution in [-0.2, 0) is 13.9 Å². The van der Waals surface area contributed by atoms with E-state index < -0.39 is 20.6 Å². The molecule has 0 saturated heterocycles. The van der Waals surface area contributed by atoms with Gasteiger partial charge in [-0.05, 0) is 56.1 Å². The third-order valence-electron chi connectivity index (χ3n) is 4.82. The van der Waals surface area contributed by atoms with E-state index in [1.54, 1.807) is 7.11 Å². The first-order valence-electron chi connectivity index (χ1n) is 10.2. The highest BCUT2D eigenvalue weighted by Crippen LogP contribution is 2.35. The Morgan fingerprint density at radius 1 is 1.13 bits per heavy atom. The summed E-state index contributed by atoms with van der Waals surface area (Å²) < 4.78 is 28.4. The van der Waals surface area contributed by atoms with Crippen molar-refractivity contribution in [3.63, 3.8) is 0 Å². The topological polar surface area (TPSA) is 92.5 Å². The second-order valence-corrected chi connectivity index (χ2v) is 13.0. The molecule has 1 saturated carbocycles. The largest absolute Gasteiger partial charge is 0.493 e. The Morgan fingerprint density at radius 3 is 2.30 bits per heavy atom. The van der Waals surface area contributed by atoms with Crippen molar-refractivity contribution in [3.05, 3.63) is 23.8 Å². The predicted octanol–water partition coefficient (Wildman–Crippen LogP) is 3.38. The van der Waals surface area contributed by atoms with Crippen molar-refractivity contribution < 1.29 is 28.2 Å². The molecule has 2 N–H and O–H groups in total. The van der Waals surface area contributed by atoms with Crippen molar-refractivity contribution in [2.45, 2.75) is 44.9 Å². The number of amides is 2. The molecule has 1 aliphatic carbocycles. The zero-order valence-corrected chi connectivity index (χ0v) is 20.0. The molecule has 0 aromatic heterocycles. The molecule has 0 aliphatic heterocycles. The Kier molecular flexibility index (Phi) is 8.96. The number of hydrogen-bond acceptors (Lipinski definition) is 6. The van der Waals surface area contributed by atoms with Crippen molar-refractivity contribution in [2.75, 3.05) is 41.0 Å². The molecular weight excluding hydrogens is 404 g/mol. The molecule has 1 aliphatic rings. The molecule has 1 unspecified atom stereocenters. The highest BCUT2D eigenvalue weighted by Gasteiger charge is 2.28. The smallest absolute Gasteiger partial charge is 0.315 e. The van der Waals surface area contributed by atoms with Gasteiger partial charge < -0.3 is 34.0 Å². The van der Waals surface area contributed by atoms with E-state index in [0.717, 1.165) is 5.56 Å². The fourth-order valence-corrected chi connectivity index (χ4v) is 4.08. The summed E-state index contributed by atoms with van der Waals surface area (Å²) in [6, 6.07) is 5.20. The summed E-state index contributed by atoms with van der Waals surface area (Å²) in [5, 5.41) is 0. The van der Waals surface area contributed by atoms with Crippen LogP contribution in [0.1, 0.15) is 24.5 Å². The number of urea groups is 1. The molecule has 30 heavy (non-hydrogen) atoms. The number of nitrogens with zero attached hydrogens (tertiary/aromatic N) is 1. The summed E-state index contributed by atoms with van der Waals surface area (Å²) in [5.74, 6) is 1.98. The van der Waals surface area contributed by atoms with E-state index in [9.17, 15) is 4.79 Å². The van der Waals surface area contributed by atoms with Crippen molar-refractivity contribution in [1.29, 1.82) is 0 Å². The maximum Gasteiger partial charge on any atom is 0.315 e. The Labute approximate surface area is 180 Å². The summed E-state index contributed by atoms with van der Waals surface area (Å²) in [6.45, 7) is 7.48. The summed E-state index contributed by atoms with van der Waals surface area (Å²) in [5.41, 5.74) is 6.54. The van der Waals surface area contributed by atoms with E-state index in [-0.39, 0.29) is 19.2 Å². The monoisotopic (exact) mass is 440 g/mol. The molecule has 0 heterocycles. The first kappa shape index (κ1) is 24.5. The zero-order valence-electron chi connectivity index (χ0n) is 19.0. The summed E-state index contributed by atoms with van der Waals surface area (Å²) in [4.78, 5) is 13.6. The lowest BCUT2D eigenvalue weighted by atomic mass is 10.1. The van der Waals surface area contributed by atoms with Gasteiger partial charge in [0, 0.05) is 14.2 Å². The van der Waals surface area contributed by atoms with Crippen molar-refractivity contribution >= 4 is 14.3 Å². The van der Waals surface area contributed by atoms with Gasteiger partial charge in [0.2, 0.25) is 0 Å². The number of carbonyl (C=O) groups is 1. The molecule has 1 aromatic rings. The van der Waals surface area contributed by atoms with Gasteiger partial charge in [-0.15, -0.1) is 0 Å². The Hall–Kier alpha value is -1.81. The van der Waals surface area contributed by atoms with Crippen LogP contribution in [0.15, 0.2) is 18.2 Å². The van der Waals surface area contributed by atoms with E-state index in [1.165, 1.54) is 32.0 Å². The first-order valence-corrected chi connectivity index (χ1v) is 13.7. The van der Waals surface area contributed by atoms with Gasteiger partial charge in [-0.2, -0.15) is 0 Å². The normalized spacial score (nSPS) is 15.2. The van der Waals surface area contributed by atoms with Gasteiger partial charge >= 0.3 is 6.03 Å². The second-order valence-electron chi connectivity index (χ2n) is 8.53. The molecule has 9 heteroatoms. The SMILES string of the molecule is COc1ccc(C(CN(CC(OC)OC)C(N)=O)O[Si](C)(C)C)cc1OCC1CC1. The number of primary amides is 1. The maximum atomic E-state index is 12.1. The third-order valence-corrected chi connectivity index (χ3v) is 5.81. The molecule has 0 radical (unpaired) electrons. The molecule has 1 aromatic carbocycles. The fraction of sp³-hybridized carbons (Fsp3) is 0.667. The van der Waals surface area contributed by atoms with Crippen LogP contribution < -0.4 is 15.2 Å². The standard InChI is InChI=1S/C21H36N2O6Si/c1-25-17-10-9-16(11-18(17)28-14-15-7-8-15)19(29-30(4,5)6)12-23(21(22)24)13-20(26-2)27-3/h9-11,15,19-20H,7-8,12-14H2,1-6H3,(H2,22,24). The Morgan fingerprint density at radius 2 is 1.80 bits per heavy atom. The lowest BCUT2D eigenvalue weighted by molar-refractivity contribution is -0.112. The summed E-state index contributed by atoms with van der Waals surface area (Å²) >= 11 is 0. The van der Waals surface area contributed by atoms with Crippen LogP contribution in [-0.4, -0.2) is 66.6 Å². The maximum absolute atomic E-state index is 12.1. The van der Waals surface area contributed by atoms with E-state index >= 15 is 0 Å². The highest BCUT2D eigenvalue weighted by atomic mass is 28.4. The number of nitrogens with two attached hydrogens (primary N) is 1. The van der Waals surface area contributed by atoms with Crippen LogP contribution in [0.5, 0.6) is 11.5 Å². The van der Waals surface area contributed by atoms with Crippen LogP contribution in [0.2, 0.25) is 19.6 Å². The summed E-state index contributed by atoms with van der Waals surface area (Å²) in [6.07, 6.45) is 1.47. The molecule has 2 amide bonds. The average Bonchev–Trinajstić information content (AvgIpc) is 3.51. The summed E-state index contributed by atoms with van der Waals surface area (Å²) in [7, 11) is 2.73. The minimum atomic E-state index is -1.94. The number of hydrogen-bond donors (Lipinski definition) is 1. The second kappa shape index (κ2) is 11.0. The molecule has 2 rings (SSSR count). The van der Waals surface area contributed by atoms with Gasteiger partial charge in [-0.25, -0.2) is 4.79 Å². The van der Waals surface area contributed by atoms with Crippen LogP contribution in [0, 0.1) is 5.92 Å². The van der Waals surface area contributed by atoms with Gasteiger partial charge in [0.05, 0.1) is 32.9 Å². The fourth-order valence-electron chi connectivity index (χ4n) is 3.02. The van der Waals surface area contributed by atoms with Crippen molar-refractivity contribution in [2.24, 2.45) is 11.7 Å². The Bertz CT molecular complexity index is 689. The van der Waals surface area contributed by atoms with Gasteiger partial charge in [0.15, 0.2) is 26.1 Å². The molecular formula is C21H36N2O6Si. The average molecular weight is 441 g/mol. The van der Waals surface area contributed by atoms with Crippen LogP contribution in [0.3, 0.4) is 0 Å². The minimum Gasteiger partial charge on any atom is -0.493 e. The number of methoxy groups -OCH3 is 3. The molecule has 0 spiro atoms. The van der Waals surface area contributed by atoms with E-state index in [0.29, 0.717) is 24.0 Å². The molecule has 1 fully saturated rings. The molecule has 170 valence electrons. The van der Waals surface area contributed by atoms with E-state index in [4.69, 9.17) is 29.1 Å². The van der Waals surface area contributed by atoms with Gasteiger partial charge in [-0.3, -0.25) is 0 Å². The van der Waals surface area contributed by atoms with E-state index in [1.807, 2.05) is 18.2 Å². The van der Waals surface area contributed by atoms with Crippen LogP contribution in [0.25, 0.3) is 0 Å². The van der Waals surface area contributed by atoms with Gasteiger partial charge in [0.25, 0.3) is 0 Å².